The van der Waals surface area contributed by atoms with E-state index in [1.807, 2.05) is 0 Å². The van der Waals surface area contributed by atoms with Gasteiger partial charge in [0.25, 0.3) is 0 Å². The van der Waals surface area contributed by atoms with Crippen molar-refractivity contribution >= 4 is 58.4 Å². The summed E-state index contributed by atoms with van der Waals surface area (Å²) in [5.41, 5.74) is 16.9. The third-order valence-corrected chi connectivity index (χ3v) is 10.4. The van der Waals surface area contributed by atoms with Gasteiger partial charge in [-0.1, -0.05) is 206 Å². The van der Waals surface area contributed by atoms with Crippen LogP contribution in [0.3, 0.4) is 0 Å². The average molecular weight is 717 g/mol. The summed E-state index contributed by atoms with van der Waals surface area (Å²) < 4.78 is 0. The zero-order valence-corrected chi connectivity index (χ0v) is 31.9. The summed E-state index contributed by atoms with van der Waals surface area (Å²) in [5, 5.41) is 2.46. The Kier molecular flexibility index (Phi) is 10.9. The molecule has 8 aromatic carbocycles. The molecule has 0 fully saturated rings. The fourth-order valence-corrected chi connectivity index (χ4v) is 7.31. The van der Waals surface area contributed by atoms with Crippen molar-refractivity contribution < 1.29 is 0 Å². The van der Waals surface area contributed by atoms with E-state index in [4.69, 9.17) is 0 Å². The standard InChI is InChI=1S/C56H44/c1-41-35-43(27-31-49(41)39-55(45-17-7-3-8-18-45)46-19-9-4-10-20-46)29-33-53-37-51-25-15-16-26-52(51)38-54(53)34-30-44-28-32-50(42(2)36-44)40-56(47-21-11-5-12-22-47)48-23-13-6-14-24-48/h3-40H,1-2H3/b33-29+,34-30+. The number of aryl methyl sites for hydroxylation is 2. The van der Waals surface area contributed by atoms with Crippen molar-refractivity contribution in [1.82, 2.24) is 0 Å². The summed E-state index contributed by atoms with van der Waals surface area (Å²) in [7, 11) is 0. The SMILES string of the molecule is Cc1cc(/C=C/c2cc3ccccc3cc2/C=C/c2ccc(C=C(c3ccccc3)c3ccccc3)c(C)c2)ccc1C=C(c1ccccc1)c1ccccc1. The summed E-state index contributed by atoms with van der Waals surface area (Å²) in [6, 6.07) is 69.3. The van der Waals surface area contributed by atoms with E-state index in [1.165, 1.54) is 88.7 Å². The molecule has 0 nitrogen and oxygen atoms in total. The van der Waals surface area contributed by atoms with Gasteiger partial charge in [-0.05, 0) is 127 Å². The molecule has 0 atom stereocenters. The molecule has 0 radical (unpaired) electrons. The Labute approximate surface area is 331 Å². The van der Waals surface area contributed by atoms with E-state index >= 15 is 0 Å². The molecule has 0 heteroatoms. The Bertz CT molecular complexity index is 2440. The van der Waals surface area contributed by atoms with E-state index in [2.05, 4.69) is 244 Å². The largest absolute Gasteiger partial charge is 0.0622 e. The lowest BCUT2D eigenvalue weighted by molar-refractivity contribution is 1.43. The summed E-state index contributed by atoms with van der Waals surface area (Å²) in [6.07, 6.45) is 13.6. The minimum absolute atomic E-state index is 1.17. The summed E-state index contributed by atoms with van der Waals surface area (Å²) in [6.45, 7) is 4.41. The fourth-order valence-electron chi connectivity index (χ4n) is 7.31. The normalized spacial score (nSPS) is 11.2. The van der Waals surface area contributed by atoms with E-state index in [-0.39, 0.29) is 0 Å². The molecule has 56 heavy (non-hydrogen) atoms. The van der Waals surface area contributed by atoms with Crippen LogP contribution in [-0.2, 0) is 0 Å². The Hall–Kier alpha value is -7.02. The molecule has 0 aliphatic carbocycles. The van der Waals surface area contributed by atoms with Gasteiger partial charge in [-0.2, -0.15) is 0 Å². The van der Waals surface area contributed by atoms with Gasteiger partial charge in [-0.3, -0.25) is 0 Å². The second-order valence-corrected chi connectivity index (χ2v) is 14.3. The van der Waals surface area contributed by atoms with Gasteiger partial charge in [0.15, 0.2) is 0 Å². The smallest absolute Gasteiger partial charge is 0.0105 e. The van der Waals surface area contributed by atoms with Gasteiger partial charge in [-0.15, -0.1) is 0 Å². The van der Waals surface area contributed by atoms with Gasteiger partial charge in [-0.25, -0.2) is 0 Å². The molecule has 0 bridgehead atoms. The quantitative estimate of drug-likeness (QED) is 0.124. The van der Waals surface area contributed by atoms with Gasteiger partial charge < -0.3 is 0 Å². The van der Waals surface area contributed by atoms with Crippen molar-refractivity contribution in [3.63, 3.8) is 0 Å². The first kappa shape index (κ1) is 36.0. The molecule has 8 aromatic rings. The monoisotopic (exact) mass is 716 g/mol. The Morgan fingerprint density at radius 3 is 0.946 bits per heavy atom. The van der Waals surface area contributed by atoms with Crippen LogP contribution in [-0.4, -0.2) is 0 Å². The molecule has 8 rings (SSSR count). The molecular weight excluding hydrogens is 673 g/mol. The Balaban J connectivity index is 1.08. The molecule has 0 amide bonds. The highest BCUT2D eigenvalue weighted by Crippen LogP contribution is 2.30. The maximum atomic E-state index is 2.32. The van der Waals surface area contributed by atoms with Gasteiger partial charge in [0.1, 0.15) is 0 Å². The number of hydrogen-bond donors (Lipinski definition) is 0. The fraction of sp³-hybridized carbons (Fsp3) is 0.0357. The van der Waals surface area contributed by atoms with Crippen molar-refractivity contribution in [2.45, 2.75) is 13.8 Å². The van der Waals surface area contributed by atoms with Gasteiger partial charge in [0.2, 0.25) is 0 Å². The van der Waals surface area contributed by atoms with Gasteiger partial charge >= 0.3 is 0 Å². The zero-order chi connectivity index (χ0) is 38.1. The molecule has 0 saturated heterocycles. The van der Waals surface area contributed by atoms with Crippen LogP contribution in [0, 0.1) is 13.8 Å². The number of rotatable bonds is 10. The lowest BCUT2D eigenvalue weighted by atomic mass is 9.93. The molecule has 0 spiro atoms. The van der Waals surface area contributed by atoms with E-state index in [1.54, 1.807) is 0 Å². The lowest BCUT2D eigenvalue weighted by Gasteiger charge is -2.11. The number of benzene rings is 8. The van der Waals surface area contributed by atoms with Crippen LogP contribution >= 0.6 is 0 Å². The Morgan fingerprint density at radius 1 is 0.304 bits per heavy atom. The van der Waals surface area contributed by atoms with Crippen LogP contribution in [0.15, 0.2) is 194 Å². The van der Waals surface area contributed by atoms with Crippen LogP contribution in [0.5, 0.6) is 0 Å². The summed E-state index contributed by atoms with van der Waals surface area (Å²) >= 11 is 0. The highest BCUT2D eigenvalue weighted by Gasteiger charge is 2.09. The van der Waals surface area contributed by atoms with Crippen molar-refractivity contribution in [3.8, 4) is 0 Å². The molecule has 0 aliphatic rings. The minimum atomic E-state index is 1.17. The van der Waals surface area contributed by atoms with Crippen LogP contribution in [0.2, 0.25) is 0 Å². The highest BCUT2D eigenvalue weighted by atomic mass is 14.1. The maximum absolute atomic E-state index is 2.32. The molecule has 268 valence electrons. The van der Waals surface area contributed by atoms with Crippen LogP contribution in [0.1, 0.15) is 66.8 Å². The minimum Gasteiger partial charge on any atom is -0.0622 e. The summed E-state index contributed by atoms with van der Waals surface area (Å²) in [4.78, 5) is 0. The first-order valence-corrected chi connectivity index (χ1v) is 19.3. The lowest BCUT2D eigenvalue weighted by Crippen LogP contribution is -1.90. The van der Waals surface area contributed by atoms with Crippen molar-refractivity contribution in [2.75, 3.05) is 0 Å². The second-order valence-electron chi connectivity index (χ2n) is 14.3. The van der Waals surface area contributed by atoms with Gasteiger partial charge in [0.05, 0.1) is 0 Å². The molecule has 0 unspecified atom stereocenters. The van der Waals surface area contributed by atoms with E-state index in [0.29, 0.717) is 0 Å². The first-order chi connectivity index (χ1) is 27.6. The summed E-state index contributed by atoms with van der Waals surface area (Å²) in [5.74, 6) is 0. The topological polar surface area (TPSA) is 0 Å². The van der Waals surface area contributed by atoms with Crippen molar-refractivity contribution in [3.05, 3.63) is 261 Å². The second kappa shape index (κ2) is 17.0. The number of hydrogen-bond acceptors (Lipinski definition) is 0. The predicted molar refractivity (Wildman–Crippen MR) is 244 cm³/mol. The van der Waals surface area contributed by atoms with Crippen LogP contribution in [0.4, 0.5) is 0 Å². The molecule has 0 saturated carbocycles. The van der Waals surface area contributed by atoms with Crippen LogP contribution in [0.25, 0.3) is 58.4 Å². The first-order valence-electron chi connectivity index (χ1n) is 19.3. The van der Waals surface area contributed by atoms with Crippen LogP contribution < -0.4 is 0 Å². The third-order valence-electron chi connectivity index (χ3n) is 10.4. The van der Waals surface area contributed by atoms with E-state index in [0.717, 1.165) is 0 Å². The Morgan fingerprint density at radius 2 is 0.625 bits per heavy atom. The zero-order valence-electron chi connectivity index (χ0n) is 31.9. The van der Waals surface area contributed by atoms with Gasteiger partial charge in [0, 0.05) is 0 Å². The average Bonchev–Trinajstić information content (AvgIpc) is 3.25. The molecule has 0 aromatic heterocycles. The molecule has 0 N–H and O–H groups in total. The third kappa shape index (κ3) is 8.52. The number of fused-ring (bicyclic) bond motifs is 1. The van der Waals surface area contributed by atoms with E-state index < -0.39 is 0 Å². The molecule has 0 aliphatic heterocycles. The van der Waals surface area contributed by atoms with Crippen molar-refractivity contribution in [1.29, 1.82) is 0 Å². The molecular formula is C56H44. The van der Waals surface area contributed by atoms with Crippen molar-refractivity contribution in [2.24, 2.45) is 0 Å². The highest BCUT2D eigenvalue weighted by molar-refractivity contribution is 5.94. The maximum Gasteiger partial charge on any atom is -0.0105 e. The van der Waals surface area contributed by atoms with E-state index in [9.17, 15) is 0 Å². The molecule has 0 heterocycles. The predicted octanol–water partition coefficient (Wildman–Crippen LogP) is 15.0.